The highest BCUT2D eigenvalue weighted by atomic mass is 79.9. The van der Waals surface area contributed by atoms with Crippen molar-refractivity contribution in [1.29, 1.82) is 0 Å². The molecule has 16 heavy (non-hydrogen) atoms. The lowest BCUT2D eigenvalue weighted by molar-refractivity contribution is 0.438. The fourth-order valence-electron chi connectivity index (χ4n) is 2.08. The SMILES string of the molecule is CC1CCN(c2cc(F)c(Br)cc2N)CC1. The second-order valence-electron chi connectivity index (χ2n) is 4.49. The maximum atomic E-state index is 13.5. The number of hydrogen-bond donors (Lipinski definition) is 1. The van der Waals surface area contributed by atoms with Gasteiger partial charge in [0, 0.05) is 19.2 Å². The molecule has 2 nitrogen and oxygen atoms in total. The van der Waals surface area contributed by atoms with E-state index in [0.29, 0.717) is 10.2 Å². The lowest BCUT2D eigenvalue weighted by atomic mass is 9.98. The Balaban J connectivity index is 2.23. The Morgan fingerprint density at radius 2 is 2.00 bits per heavy atom. The summed E-state index contributed by atoms with van der Waals surface area (Å²) in [5.74, 6) is 0.514. The van der Waals surface area contributed by atoms with Crippen LogP contribution >= 0.6 is 15.9 Å². The van der Waals surface area contributed by atoms with Gasteiger partial charge in [0.05, 0.1) is 15.8 Å². The summed E-state index contributed by atoms with van der Waals surface area (Å²) in [6.07, 6.45) is 2.30. The molecule has 0 aromatic heterocycles. The van der Waals surface area contributed by atoms with E-state index in [-0.39, 0.29) is 5.82 Å². The molecular formula is C12H16BrFN2. The zero-order chi connectivity index (χ0) is 11.7. The molecule has 0 unspecified atom stereocenters. The van der Waals surface area contributed by atoms with Crippen molar-refractivity contribution in [2.45, 2.75) is 19.8 Å². The minimum atomic E-state index is -0.247. The topological polar surface area (TPSA) is 29.3 Å². The highest BCUT2D eigenvalue weighted by molar-refractivity contribution is 9.10. The number of nitrogens with two attached hydrogens (primary N) is 1. The minimum absolute atomic E-state index is 0.247. The van der Waals surface area contributed by atoms with Crippen molar-refractivity contribution in [3.63, 3.8) is 0 Å². The largest absolute Gasteiger partial charge is 0.397 e. The maximum absolute atomic E-state index is 13.5. The Labute approximate surface area is 104 Å². The number of nitrogens with zero attached hydrogens (tertiary/aromatic N) is 1. The van der Waals surface area contributed by atoms with Crippen molar-refractivity contribution in [2.24, 2.45) is 5.92 Å². The van der Waals surface area contributed by atoms with E-state index in [1.807, 2.05) is 0 Å². The summed E-state index contributed by atoms with van der Waals surface area (Å²) in [6, 6.07) is 3.16. The third-order valence-corrected chi connectivity index (χ3v) is 3.80. The van der Waals surface area contributed by atoms with Crippen LogP contribution in [0.4, 0.5) is 15.8 Å². The molecule has 1 saturated heterocycles. The molecule has 1 heterocycles. The molecule has 2 rings (SSSR count). The van der Waals surface area contributed by atoms with Crippen molar-refractivity contribution in [2.75, 3.05) is 23.7 Å². The Morgan fingerprint density at radius 3 is 2.62 bits per heavy atom. The molecule has 0 aliphatic carbocycles. The Morgan fingerprint density at radius 1 is 1.38 bits per heavy atom. The van der Waals surface area contributed by atoms with E-state index in [2.05, 4.69) is 27.8 Å². The van der Waals surface area contributed by atoms with E-state index >= 15 is 0 Å². The summed E-state index contributed by atoms with van der Waals surface area (Å²) in [5.41, 5.74) is 7.39. The number of benzene rings is 1. The number of nitrogen functional groups attached to an aromatic ring is 1. The molecule has 1 aromatic carbocycles. The Kier molecular flexibility index (Phi) is 3.38. The third kappa shape index (κ3) is 2.32. The van der Waals surface area contributed by atoms with Crippen molar-refractivity contribution < 1.29 is 4.39 Å². The molecular weight excluding hydrogens is 271 g/mol. The van der Waals surface area contributed by atoms with Crippen molar-refractivity contribution >= 4 is 27.3 Å². The fraction of sp³-hybridized carbons (Fsp3) is 0.500. The van der Waals surface area contributed by atoms with Gasteiger partial charge in [-0.1, -0.05) is 6.92 Å². The lowest BCUT2D eigenvalue weighted by Crippen LogP contribution is -2.33. The van der Waals surface area contributed by atoms with Crippen LogP contribution in [0.25, 0.3) is 0 Å². The highest BCUT2D eigenvalue weighted by Crippen LogP contribution is 2.31. The van der Waals surface area contributed by atoms with E-state index in [0.717, 1.165) is 37.5 Å². The van der Waals surface area contributed by atoms with Crippen LogP contribution in [-0.2, 0) is 0 Å². The lowest BCUT2D eigenvalue weighted by Gasteiger charge is -2.33. The molecule has 1 fully saturated rings. The molecule has 0 spiro atoms. The summed E-state index contributed by atoms with van der Waals surface area (Å²) in [7, 11) is 0. The number of halogens is 2. The van der Waals surface area contributed by atoms with Gasteiger partial charge in [0.25, 0.3) is 0 Å². The van der Waals surface area contributed by atoms with E-state index in [1.165, 1.54) is 6.07 Å². The molecule has 0 saturated carbocycles. The predicted octanol–water partition coefficient (Wildman–Crippen LogP) is 3.41. The first-order valence-corrected chi connectivity index (χ1v) is 6.36. The Hall–Kier alpha value is -0.770. The molecule has 4 heteroatoms. The zero-order valence-electron chi connectivity index (χ0n) is 9.34. The quantitative estimate of drug-likeness (QED) is 0.802. The van der Waals surface area contributed by atoms with Crippen LogP contribution in [0.5, 0.6) is 0 Å². The standard InChI is InChI=1S/C12H16BrFN2/c1-8-2-4-16(5-3-8)12-7-10(14)9(13)6-11(12)15/h6-8H,2-5,15H2,1H3. The van der Waals surface area contributed by atoms with E-state index in [1.54, 1.807) is 6.07 Å². The van der Waals surface area contributed by atoms with Gasteiger partial charge in [-0.15, -0.1) is 0 Å². The molecule has 0 atom stereocenters. The minimum Gasteiger partial charge on any atom is -0.397 e. The van der Waals surface area contributed by atoms with Gasteiger partial charge in [0.2, 0.25) is 0 Å². The van der Waals surface area contributed by atoms with E-state index in [9.17, 15) is 4.39 Å². The third-order valence-electron chi connectivity index (χ3n) is 3.19. The summed E-state index contributed by atoms with van der Waals surface area (Å²) < 4.78 is 13.9. The molecule has 2 N–H and O–H groups in total. The van der Waals surface area contributed by atoms with Gasteiger partial charge >= 0.3 is 0 Å². The van der Waals surface area contributed by atoms with E-state index < -0.39 is 0 Å². The van der Waals surface area contributed by atoms with Gasteiger partial charge < -0.3 is 10.6 Å². The molecule has 1 aliphatic rings. The van der Waals surface area contributed by atoms with Gasteiger partial charge in [0.1, 0.15) is 5.82 Å². The summed E-state index contributed by atoms with van der Waals surface area (Å²) in [5, 5.41) is 0. The van der Waals surface area contributed by atoms with Crippen LogP contribution in [0, 0.1) is 11.7 Å². The van der Waals surface area contributed by atoms with Gasteiger partial charge in [0.15, 0.2) is 0 Å². The molecule has 1 aliphatic heterocycles. The number of anilines is 2. The first kappa shape index (κ1) is 11.7. The normalized spacial score (nSPS) is 17.8. The monoisotopic (exact) mass is 286 g/mol. The van der Waals surface area contributed by atoms with Crippen molar-refractivity contribution in [3.8, 4) is 0 Å². The van der Waals surface area contributed by atoms with Crippen LogP contribution in [-0.4, -0.2) is 13.1 Å². The van der Waals surface area contributed by atoms with Crippen LogP contribution in [0.1, 0.15) is 19.8 Å². The van der Waals surface area contributed by atoms with E-state index in [4.69, 9.17) is 5.73 Å². The van der Waals surface area contributed by atoms with Gasteiger partial charge in [-0.05, 0) is 40.8 Å². The van der Waals surface area contributed by atoms with Gasteiger partial charge in [-0.25, -0.2) is 4.39 Å². The van der Waals surface area contributed by atoms with Gasteiger partial charge in [-0.2, -0.15) is 0 Å². The average molecular weight is 287 g/mol. The first-order chi connectivity index (χ1) is 7.58. The number of hydrogen-bond acceptors (Lipinski definition) is 2. The van der Waals surface area contributed by atoms with Crippen LogP contribution in [0.2, 0.25) is 0 Å². The summed E-state index contributed by atoms with van der Waals surface area (Å²) in [6.45, 7) is 4.18. The van der Waals surface area contributed by atoms with Crippen molar-refractivity contribution in [1.82, 2.24) is 0 Å². The van der Waals surface area contributed by atoms with Gasteiger partial charge in [-0.3, -0.25) is 0 Å². The smallest absolute Gasteiger partial charge is 0.139 e. The second-order valence-corrected chi connectivity index (χ2v) is 5.35. The zero-order valence-corrected chi connectivity index (χ0v) is 10.9. The van der Waals surface area contributed by atoms with Crippen LogP contribution in [0.15, 0.2) is 16.6 Å². The van der Waals surface area contributed by atoms with Crippen molar-refractivity contribution in [3.05, 3.63) is 22.4 Å². The summed E-state index contributed by atoms with van der Waals surface area (Å²) in [4.78, 5) is 2.17. The molecule has 1 aromatic rings. The second kappa shape index (κ2) is 4.62. The first-order valence-electron chi connectivity index (χ1n) is 5.57. The molecule has 0 bridgehead atoms. The predicted molar refractivity (Wildman–Crippen MR) is 69.1 cm³/mol. The average Bonchev–Trinajstić information content (AvgIpc) is 2.25. The maximum Gasteiger partial charge on any atom is 0.139 e. The number of rotatable bonds is 1. The fourth-order valence-corrected chi connectivity index (χ4v) is 2.44. The number of piperidine rings is 1. The highest BCUT2D eigenvalue weighted by Gasteiger charge is 2.18. The summed E-state index contributed by atoms with van der Waals surface area (Å²) >= 11 is 3.14. The van der Waals surface area contributed by atoms with Crippen LogP contribution in [0.3, 0.4) is 0 Å². The molecule has 88 valence electrons. The molecule has 0 radical (unpaired) electrons. The van der Waals surface area contributed by atoms with Crippen LogP contribution < -0.4 is 10.6 Å². The Bertz CT molecular complexity index is 387. The molecule has 0 amide bonds.